The second-order valence-corrected chi connectivity index (χ2v) is 5.26. The first-order chi connectivity index (χ1) is 10.2. The number of hydrogen-bond donors (Lipinski definition) is 3. The van der Waals surface area contributed by atoms with Gasteiger partial charge in [-0.2, -0.15) is 0 Å². The van der Waals surface area contributed by atoms with Crippen molar-refractivity contribution in [3.8, 4) is 0 Å². The highest BCUT2D eigenvalue weighted by Gasteiger charge is 2.24. The fraction of sp³-hybridized carbons (Fsp3) is 0.333. The molecule has 2 aromatic rings. The summed E-state index contributed by atoms with van der Waals surface area (Å²) >= 11 is 0. The van der Waals surface area contributed by atoms with Crippen molar-refractivity contribution in [2.75, 3.05) is 18.5 Å². The van der Waals surface area contributed by atoms with E-state index in [1.165, 1.54) is 0 Å². The van der Waals surface area contributed by atoms with Crippen molar-refractivity contribution in [1.29, 1.82) is 0 Å². The van der Waals surface area contributed by atoms with E-state index >= 15 is 0 Å². The predicted molar refractivity (Wildman–Crippen MR) is 80.7 cm³/mol. The molecule has 4 N–H and O–H groups in total. The number of piperidine rings is 1. The lowest BCUT2D eigenvalue weighted by Crippen LogP contribution is -2.42. The van der Waals surface area contributed by atoms with Crippen molar-refractivity contribution in [3.63, 3.8) is 0 Å². The number of nitrogens with one attached hydrogen (secondary N) is 1. The Morgan fingerprint density at radius 2 is 2.14 bits per heavy atom. The Morgan fingerprint density at radius 1 is 1.38 bits per heavy atom. The van der Waals surface area contributed by atoms with Gasteiger partial charge >= 0.3 is 0 Å². The molecule has 0 bridgehead atoms. The van der Waals surface area contributed by atoms with Crippen LogP contribution in [0.4, 0.5) is 5.82 Å². The van der Waals surface area contributed by atoms with Crippen LogP contribution in [0.3, 0.4) is 0 Å². The molecule has 1 aliphatic rings. The van der Waals surface area contributed by atoms with Crippen LogP contribution in [0, 0.1) is 0 Å². The van der Waals surface area contributed by atoms with E-state index in [0.29, 0.717) is 24.5 Å². The number of rotatable bonds is 2. The van der Waals surface area contributed by atoms with Gasteiger partial charge in [0.1, 0.15) is 5.82 Å². The van der Waals surface area contributed by atoms with Crippen LogP contribution in [0.25, 0.3) is 10.8 Å². The first-order valence-electron chi connectivity index (χ1n) is 7.02. The molecule has 1 atom stereocenters. The average Bonchev–Trinajstić information content (AvgIpc) is 2.53. The molecule has 110 valence electrons. The highest BCUT2D eigenvalue weighted by molar-refractivity contribution is 6.09. The van der Waals surface area contributed by atoms with Crippen molar-refractivity contribution in [3.05, 3.63) is 36.0 Å². The van der Waals surface area contributed by atoms with Crippen LogP contribution in [0.15, 0.2) is 30.5 Å². The van der Waals surface area contributed by atoms with Crippen molar-refractivity contribution < 1.29 is 9.90 Å². The van der Waals surface area contributed by atoms with Gasteiger partial charge in [-0.05, 0) is 18.2 Å². The molecule has 1 saturated heterocycles. The first-order valence-corrected chi connectivity index (χ1v) is 7.02. The van der Waals surface area contributed by atoms with Gasteiger partial charge in [-0.1, -0.05) is 24.3 Å². The fourth-order valence-electron chi connectivity index (χ4n) is 2.79. The van der Waals surface area contributed by atoms with Gasteiger partial charge < -0.3 is 15.4 Å². The molecule has 0 saturated carbocycles. The van der Waals surface area contributed by atoms with Crippen LogP contribution >= 0.6 is 0 Å². The van der Waals surface area contributed by atoms with Crippen LogP contribution in [-0.2, 0) is 0 Å². The number of benzene rings is 1. The Morgan fingerprint density at radius 3 is 2.86 bits per heavy atom. The van der Waals surface area contributed by atoms with E-state index in [4.69, 9.17) is 5.84 Å². The number of pyridine rings is 1. The molecule has 0 radical (unpaired) electrons. The van der Waals surface area contributed by atoms with Crippen LogP contribution < -0.4 is 11.3 Å². The third kappa shape index (κ3) is 2.55. The highest BCUT2D eigenvalue weighted by atomic mass is 16.3. The molecule has 1 aliphatic heterocycles. The molecule has 6 heteroatoms. The standard InChI is InChI=1S/C15H18N4O2/c16-18-14-12-6-2-1-5-11(12)13(8-17-14)15(21)19-7-3-4-10(20)9-19/h1-2,5-6,8,10,20H,3-4,7,9,16H2,(H,17,18). The lowest BCUT2D eigenvalue weighted by atomic mass is 10.0. The molecule has 1 aromatic heterocycles. The van der Waals surface area contributed by atoms with Gasteiger partial charge in [0.15, 0.2) is 0 Å². The molecule has 1 unspecified atom stereocenters. The number of likely N-dealkylation sites (tertiary alicyclic amines) is 1. The third-order valence-corrected chi connectivity index (χ3v) is 3.85. The van der Waals surface area contributed by atoms with E-state index in [1.54, 1.807) is 11.1 Å². The summed E-state index contributed by atoms with van der Waals surface area (Å²) in [6.07, 6.45) is 2.67. The minimum Gasteiger partial charge on any atom is -0.391 e. The Kier molecular flexibility index (Phi) is 3.72. The van der Waals surface area contributed by atoms with Gasteiger partial charge in [-0.3, -0.25) is 4.79 Å². The number of amides is 1. The van der Waals surface area contributed by atoms with E-state index in [1.807, 2.05) is 24.3 Å². The topological polar surface area (TPSA) is 91.5 Å². The third-order valence-electron chi connectivity index (χ3n) is 3.85. The Balaban J connectivity index is 2.02. The maximum atomic E-state index is 12.7. The molecule has 2 heterocycles. The molecule has 21 heavy (non-hydrogen) atoms. The second-order valence-electron chi connectivity index (χ2n) is 5.26. The second kappa shape index (κ2) is 5.67. The SMILES string of the molecule is NNc1ncc(C(=O)N2CCCC(O)C2)c2ccccc12. The molecule has 1 aromatic carbocycles. The van der Waals surface area contributed by atoms with Gasteiger partial charge in [-0.15, -0.1) is 0 Å². The monoisotopic (exact) mass is 286 g/mol. The smallest absolute Gasteiger partial charge is 0.256 e. The summed E-state index contributed by atoms with van der Waals surface area (Å²) in [5, 5.41) is 11.4. The highest BCUT2D eigenvalue weighted by Crippen LogP contribution is 2.25. The predicted octanol–water partition coefficient (Wildman–Crippen LogP) is 1.12. The lowest BCUT2D eigenvalue weighted by molar-refractivity contribution is 0.0475. The Labute approximate surface area is 122 Å². The molecular formula is C15H18N4O2. The van der Waals surface area contributed by atoms with Crippen LogP contribution in [-0.4, -0.2) is 40.1 Å². The van der Waals surface area contributed by atoms with Gasteiger partial charge in [0.25, 0.3) is 5.91 Å². The van der Waals surface area contributed by atoms with E-state index in [9.17, 15) is 9.90 Å². The summed E-state index contributed by atoms with van der Waals surface area (Å²) in [5.41, 5.74) is 3.09. The number of anilines is 1. The summed E-state index contributed by atoms with van der Waals surface area (Å²) in [7, 11) is 0. The zero-order valence-electron chi connectivity index (χ0n) is 11.6. The Bertz CT molecular complexity index is 674. The van der Waals surface area contributed by atoms with Crippen molar-refractivity contribution in [1.82, 2.24) is 9.88 Å². The molecule has 0 aliphatic carbocycles. The van der Waals surface area contributed by atoms with Crippen molar-refractivity contribution in [2.45, 2.75) is 18.9 Å². The first kappa shape index (κ1) is 13.8. The van der Waals surface area contributed by atoms with Crippen molar-refractivity contribution in [2.24, 2.45) is 5.84 Å². The van der Waals surface area contributed by atoms with Crippen LogP contribution in [0.5, 0.6) is 0 Å². The van der Waals surface area contributed by atoms with E-state index in [2.05, 4.69) is 10.4 Å². The van der Waals surface area contributed by atoms with Crippen LogP contribution in [0.1, 0.15) is 23.2 Å². The number of β-amino-alcohol motifs (C(OH)–C–C–N with tert-alkyl or cyclic N) is 1. The lowest BCUT2D eigenvalue weighted by Gasteiger charge is -2.30. The number of carbonyl (C=O) groups is 1. The largest absolute Gasteiger partial charge is 0.391 e. The molecule has 0 spiro atoms. The number of aliphatic hydroxyl groups is 1. The number of nitrogens with two attached hydrogens (primary N) is 1. The van der Waals surface area contributed by atoms with Gasteiger partial charge in [0.2, 0.25) is 0 Å². The summed E-state index contributed by atoms with van der Waals surface area (Å²) < 4.78 is 0. The van der Waals surface area contributed by atoms with E-state index < -0.39 is 6.10 Å². The Hall–Kier alpha value is -2.18. The molecule has 3 rings (SSSR count). The summed E-state index contributed by atoms with van der Waals surface area (Å²) in [5.74, 6) is 5.91. The minimum absolute atomic E-state index is 0.0963. The zero-order chi connectivity index (χ0) is 14.8. The van der Waals surface area contributed by atoms with Gasteiger partial charge in [-0.25, -0.2) is 10.8 Å². The summed E-state index contributed by atoms with van der Waals surface area (Å²) in [6.45, 7) is 1.05. The number of hydrogen-bond acceptors (Lipinski definition) is 5. The van der Waals surface area contributed by atoms with Gasteiger partial charge in [0.05, 0.1) is 11.7 Å². The van der Waals surface area contributed by atoms with Crippen molar-refractivity contribution >= 4 is 22.5 Å². The number of aliphatic hydroxyl groups excluding tert-OH is 1. The normalized spacial score (nSPS) is 18.8. The number of aromatic nitrogens is 1. The summed E-state index contributed by atoms with van der Waals surface area (Å²) in [4.78, 5) is 18.6. The van der Waals surface area contributed by atoms with Gasteiger partial charge in [0, 0.05) is 24.7 Å². The number of nitrogen functional groups attached to an aromatic ring is 1. The molecule has 1 fully saturated rings. The maximum absolute atomic E-state index is 12.7. The number of carbonyl (C=O) groups excluding carboxylic acids is 1. The maximum Gasteiger partial charge on any atom is 0.256 e. The quantitative estimate of drug-likeness (QED) is 0.568. The van der Waals surface area contributed by atoms with E-state index in [-0.39, 0.29) is 5.91 Å². The van der Waals surface area contributed by atoms with Crippen LogP contribution in [0.2, 0.25) is 0 Å². The fourth-order valence-corrected chi connectivity index (χ4v) is 2.79. The number of nitrogens with zero attached hydrogens (tertiary/aromatic N) is 2. The molecular weight excluding hydrogens is 268 g/mol. The zero-order valence-corrected chi connectivity index (χ0v) is 11.6. The molecule has 6 nitrogen and oxygen atoms in total. The molecule has 1 amide bonds. The van der Waals surface area contributed by atoms with E-state index in [0.717, 1.165) is 23.6 Å². The number of fused-ring (bicyclic) bond motifs is 1. The summed E-state index contributed by atoms with van der Waals surface area (Å²) in [6, 6.07) is 7.51. The number of hydrazine groups is 1. The minimum atomic E-state index is -0.438. The average molecular weight is 286 g/mol.